The molecule has 0 bridgehead atoms. The van der Waals surface area contributed by atoms with E-state index in [4.69, 9.17) is 4.99 Å². The maximum atomic E-state index is 4.75. The Morgan fingerprint density at radius 3 is 2.87 bits per heavy atom. The third-order valence-electron chi connectivity index (χ3n) is 4.91. The Kier molecular flexibility index (Phi) is 8.76. The van der Waals surface area contributed by atoms with Crippen LogP contribution in [0, 0.1) is 5.92 Å². The topological polar surface area (TPSA) is 51.7 Å². The molecule has 0 aliphatic carbocycles. The average Bonchev–Trinajstić information content (AvgIpc) is 2.57. The van der Waals surface area contributed by atoms with Gasteiger partial charge in [0, 0.05) is 25.7 Å². The van der Waals surface area contributed by atoms with E-state index >= 15 is 0 Å². The van der Waals surface area contributed by atoms with E-state index in [0.29, 0.717) is 6.04 Å². The minimum absolute atomic E-state index is 0.564. The van der Waals surface area contributed by atoms with Gasteiger partial charge >= 0.3 is 0 Å². The molecule has 134 valence electrons. The molecular formula is C18H37N5. The summed E-state index contributed by atoms with van der Waals surface area (Å²) in [6.07, 6.45) is 7.88. The van der Waals surface area contributed by atoms with Gasteiger partial charge in [-0.2, -0.15) is 0 Å². The van der Waals surface area contributed by atoms with Gasteiger partial charge in [0.2, 0.25) is 0 Å². The third-order valence-corrected chi connectivity index (χ3v) is 4.91. The maximum Gasteiger partial charge on any atom is 0.191 e. The maximum absolute atomic E-state index is 4.75. The molecule has 2 rings (SSSR count). The Morgan fingerprint density at radius 1 is 1.22 bits per heavy atom. The Bertz CT molecular complexity index is 338. The van der Waals surface area contributed by atoms with E-state index in [1.54, 1.807) is 0 Å². The van der Waals surface area contributed by atoms with Crippen LogP contribution < -0.4 is 16.0 Å². The minimum Gasteiger partial charge on any atom is -0.357 e. The monoisotopic (exact) mass is 323 g/mol. The lowest BCUT2D eigenvalue weighted by Gasteiger charge is -2.30. The highest BCUT2D eigenvalue weighted by molar-refractivity contribution is 5.79. The quantitative estimate of drug-likeness (QED) is 0.380. The molecule has 23 heavy (non-hydrogen) atoms. The number of nitrogens with one attached hydrogen (secondary N) is 3. The predicted octanol–water partition coefficient (Wildman–Crippen LogP) is 1.81. The lowest BCUT2D eigenvalue weighted by atomic mass is 10.0. The number of piperidine rings is 2. The van der Waals surface area contributed by atoms with Crippen LogP contribution in [0.3, 0.4) is 0 Å². The van der Waals surface area contributed by atoms with E-state index in [9.17, 15) is 0 Å². The van der Waals surface area contributed by atoms with E-state index < -0.39 is 0 Å². The largest absolute Gasteiger partial charge is 0.357 e. The number of aliphatic imine (C=N–C) groups is 1. The van der Waals surface area contributed by atoms with Crippen molar-refractivity contribution in [3.63, 3.8) is 0 Å². The number of hydrogen-bond acceptors (Lipinski definition) is 3. The summed E-state index contributed by atoms with van der Waals surface area (Å²) in [5, 5.41) is 10.4. The first kappa shape index (κ1) is 18.5. The molecule has 2 saturated heterocycles. The van der Waals surface area contributed by atoms with Crippen molar-refractivity contribution in [2.45, 2.75) is 58.4 Å². The molecule has 0 saturated carbocycles. The highest BCUT2D eigenvalue weighted by Crippen LogP contribution is 2.15. The van der Waals surface area contributed by atoms with Crippen LogP contribution in [0.1, 0.15) is 52.4 Å². The van der Waals surface area contributed by atoms with Crippen LogP contribution in [0.4, 0.5) is 0 Å². The summed E-state index contributed by atoms with van der Waals surface area (Å²) < 4.78 is 0. The summed E-state index contributed by atoms with van der Waals surface area (Å²) in [4.78, 5) is 7.37. The molecule has 0 aromatic carbocycles. The van der Waals surface area contributed by atoms with Gasteiger partial charge in [0.05, 0.1) is 6.54 Å². The standard InChI is InChI=1S/C18H37N5/c1-3-19-18(22-14-17-9-4-5-10-20-17)21-11-7-13-23-12-6-8-16(2)15-23/h16-17,20H,3-15H2,1-2H3,(H2,19,21,22). The van der Waals surface area contributed by atoms with Gasteiger partial charge in [-0.3, -0.25) is 4.99 Å². The fourth-order valence-electron chi connectivity index (χ4n) is 3.62. The van der Waals surface area contributed by atoms with Crippen molar-refractivity contribution < 1.29 is 0 Å². The Hall–Kier alpha value is -0.810. The summed E-state index contributed by atoms with van der Waals surface area (Å²) in [6, 6.07) is 0.564. The molecule has 0 amide bonds. The van der Waals surface area contributed by atoms with Crippen molar-refractivity contribution in [1.82, 2.24) is 20.9 Å². The summed E-state index contributed by atoms with van der Waals surface area (Å²) in [5.41, 5.74) is 0. The normalized spacial score (nSPS) is 27.0. The van der Waals surface area contributed by atoms with Gasteiger partial charge in [0.15, 0.2) is 5.96 Å². The van der Waals surface area contributed by atoms with E-state index in [0.717, 1.165) is 38.1 Å². The Balaban J connectivity index is 1.63. The van der Waals surface area contributed by atoms with Crippen molar-refractivity contribution in [3.8, 4) is 0 Å². The van der Waals surface area contributed by atoms with Crippen LogP contribution in [0.5, 0.6) is 0 Å². The van der Waals surface area contributed by atoms with E-state index in [2.05, 4.69) is 34.7 Å². The van der Waals surface area contributed by atoms with Crippen LogP contribution in [0.15, 0.2) is 4.99 Å². The highest BCUT2D eigenvalue weighted by Gasteiger charge is 2.15. The SMILES string of the molecule is CCNC(=NCC1CCCCN1)NCCCN1CCCC(C)C1. The molecule has 2 heterocycles. The molecule has 5 nitrogen and oxygen atoms in total. The fourth-order valence-corrected chi connectivity index (χ4v) is 3.62. The van der Waals surface area contributed by atoms with Crippen molar-refractivity contribution in [1.29, 1.82) is 0 Å². The zero-order chi connectivity index (χ0) is 16.3. The number of likely N-dealkylation sites (tertiary alicyclic amines) is 1. The van der Waals surface area contributed by atoms with Gasteiger partial charge in [0.1, 0.15) is 0 Å². The predicted molar refractivity (Wildman–Crippen MR) is 99.1 cm³/mol. The van der Waals surface area contributed by atoms with Gasteiger partial charge in [-0.15, -0.1) is 0 Å². The van der Waals surface area contributed by atoms with Gasteiger partial charge in [-0.05, 0) is 64.6 Å². The second-order valence-corrected chi connectivity index (χ2v) is 7.19. The lowest BCUT2D eigenvalue weighted by molar-refractivity contribution is 0.182. The van der Waals surface area contributed by atoms with Crippen LogP contribution in [-0.2, 0) is 0 Å². The molecule has 3 N–H and O–H groups in total. The average molecular weight is 324 g/mol. The first-order valence-corrected chi connectivity index (χ1v) is 9.76. The minimum atomic E-state index is 0.564. The Labute approximate surface area is 142 Å². The Morgan fingerprint density at radius 2 is 2.13 bits per heavy atom. The molecule has 0 radical (unpaired) electrons. The van der Waals surface area contributed by atoms with Gasteiger partial charge in [-0.25, -0.2) is 0 Å². The molecule has 2 atom stereocenters. The molecule has 2 aliphatic rings. The summed E-state index contributed by atoms with van der Waals surface area (Å²) in [7, 11) is 0. The number of guanidine groups is 1. The van der Waals surface area contributed by atoms with Crippen LogP contribution in [-0.4, -0.2) is 62.7 Å². The smallest absolute Gasteiger partial charge is 0.191 e. The zero-order valence-corrected chi connectivity index (χ0v) is 15.2. The van der Waals surface area contributed by atoms with Crippen molar-refractivity contribution in [3.05, 3.63) is 0 Å². The first-order valence-electron chi connectivity index (χ1n) is 9.76. The first-order chi connectivity index (χ1) is 11.3. The van der Waals surface area contributed by atoms with Gasteiger partial charge < -0.3 is 20.9 Å². The van der Waals surface area contributed by atoms with Crippen molar-refractivity contribution in [2.75, 3.05) is 45.8 Å². The number of nitrogens with zero attached hydrogens (tertiary/aromatic N) is 2. The third kappa shape index (κ3) is 7.53. The lowest BCUT2D eigenvalue weighted by Crippen LogP contribution is -2.42. The molecule has 2 fully saturated rings. The zero-order valence-electron chi connectivity index (χ0n) is 15.2. The fraction of sp³-hybridized carbons (Fsp3) is 0.944. The molecule has 0 spiro atoms. The summed E-state index contributed by atoms with van der Waals surface area (Å²) in [6.45, 7) is 12.2. The summed E-state index contributed by atoms with van der Waals surface area (Å²) >= 11 is 0. The number of hydrogen-bond donors (Lipinski definition) is 3. The van der Waals surface area contributed by atoms with Gasteiger partial charge in [-0.1, -0.05) is 13.3 Å². The van der Waals surface area contributed by atoms with E-state index in [1.165, 1.54) is 58.2 Å². The molecule has 0 aromatic heterocycles. The van der Waals surface area contributed by atoms with Gasteiger partial charge in [0.25, 0.3) is 0 Å². The van der Waals surface area contributed by atoms with E-state index in [1.807, 2.05) is 0 Å². The van der Waals surface area contributed by atoms with Crippen molar-refractivity contribution >= 4 is 5.96 Å². The molecule has 2 aliphatic heterocycles. The second kappa shape index (κ2) is 10.9. The van der Waals surface area contributed by atoms with Crippen LogP contribution in [0.2, 0.25) is 0 Å². The van der Waals surface area contributed by atoms with Crippen LogP contribution >= 0.6 is 0 Å². The molecule has 0 aromatic rings. The molecule has 2 unspecified atom stereocenters. The molecular weight excluding hydrogens is 286 g/mol. The van der Waals surface area contributed by atoms with Crippen molar-refractivity contribution in [2.24, 2.45) is 10.9 Å². The second-order valence-electron chi connectivity index (χ2n) is 7.19. The summed E-state index contributed by atoms with van der Waals surface area (Å²) in [5.74, 6) is 1.85. The van der Waals surface area contributed by atoms with Crippen LogP contribution in [0.25, 0.3) is 0 Å². The number of rotatable bonds is 7. The van der Waals surface area contributed by atoms with E-state index in [-0.39, 0.29) is 0 Å². The highest BCUT2D eigenvalue weighted by atomic mass is 15.2. The molecule has 5 heteroatoms.